The number of amides is 1. The molecule has 0 spiro atoms. The molecule has 0 bridgehead atoms. The molecule has 0 aliphatic carbocycles. The molecule has 1 aliphatic heterocycles. The van der Waals surface area contributed by atoms with E-state index >= 15 is 0 Å². The number of methoxy groups -OCH3 is 1. The van der Waals surface area contributed by atoms with Crippen LogP contribution in [0.15, 0.2) is 54.6 Å². The summed E-state index contributed by atoms with van der Waals surface area (Å²) < 4.78 is 6.77. The number of benzene rings is 2. The van der Waals surface area contributed by atoms with Crippen LogP contribution in [0.1, 0.15) is 23.3 Å². The number of ether oxygens (including phenoxy) is 1. The minimum atomic E-state index is -0.460. The molecule has 1 fully saturated rings. The number of non-ortho nitro benzene ring substituents is 1. The van der Waals surface area contributed by atoms with E-state index in [1.54, 1.807) is 30.2 Å². The minimum Gasteiger partial charge on any atom is -0.497 e. The zero-order valence-electron chi connectivity index (χ0n) is 15.9. The fourth-order valence-corrected chi connectivity index (χ4v) is 3.47. The van der Waals surface area contributed by atoms with Crippen LogP contribution in [0.3, 0.4) is 0 Å². The van der Waals surface area contributed by atoms with Crippen LogP contribution in [-0.2, 0) is 0 Å². The van der Waals surface area contributed by atoms with Gasteiger partial charge in [0.05, 0.1) is 23.4 Å². The van der Waals surface area contributed by atoms with Gasteiger partial charge in [-0.1, -0.05) is 18.2 Å². The van der Waals surface area contributed by atoms with Crippen molar-refractivity contribution in [2.24, 2.45) is 0 Å². The quantitative estimate of drug-likeness (QED) is 0.488. The minimum absolute atomic E-state index is 0.0551. The van der Waals surface area contributed by atoms with Crippen molar-refractivity contribution in [3.8, 4) is 22.7 Å². The third kappa shape index (κ3) is 3.69. The molecular weight excluding hydrogens is 372 g/mol. The second-order valence-electron chi connectivity index (χ2n) is 6.83. The number of rotatable bonds is 5. The van der Waals surface area contributed by atoms with Gasteiger partial charge in [0, 0.05) is 30.8 Å². The summed E-state index contributed by atoms with van der Waals surface area (Å²) in [5.74, 6) is 0.551. The molecule has 2 heterocycles. The fraction of sp³-hybridized carbons (Fsp3) is 0.238. The van der Waals surface area contributed by atoms with E-state index in [2.05, 4.69) is 5.10 Å². The molecule has 8 nitrogen and oxygen atoms in total. The topological polar surface area (TPSA) is 90.5 Å². The second-order valence-corrected chi connectivity index (χ2v) is 6.83. The summed E-state index contributed by atoms with van der Waals surface area (Å²) in [6.07, 6.45) is 1.94. The maximum absolute atomic E-state index is 13.1. The van der Waals surface area contributed by atoms with Crippen molar-refractivity contribution in [3.05, 3.63) is 70.4 Å². The summed E-state index contributed by atoms with van der Waals surface area (Å²) in [4.78, 5) is 25.7. The van der Waals surface area contributed by atoms with Crippen molar-refractivity contribution in [1.29, 1.82) is 0 Å². The number of aromatic nitrogens is 2. The van der Waals surface area contributed by atoms with E-state index in [9.17, 15) is 14.9 Å². The number of carbonyl (C=O) groups excluding carboxylic acids is 1. The fourth-order valence-electron chi connectivity index (χ4n) is 3.47. The Labute approximate surface area is 167 Å². The molecule has 1 aliphatic rings. The maximum atomic E-state index is 13.1. The number of carbonyl (C=O) groups is 1. The van der Waals surface area contributed by atoms with Gasteiger partial charge < -0.3 is 9.64 Å². The molecule has 1 saturated heterocycles. The van der Waals surface area contributed by atoms with E-state index in [1.807, 2.05) is 24.3 Å². The Morgan fingerprint density at radius 1 is 1.10 bits per heavy atom. The molecular formula is C21H20N4O4. The number of hydrogen-bond donors (Lipinski definition) is 0. The average molecular weight is 392 g/mol. The van der Waals surface area contributed by atoms with Crippen LogP contribution in [0, 0.1) is 10.1 Å². The predicted molar refractivity (Wildman–Crippen MR) is 107 cm³/mol. The molecule has 0 N–H and O–H groups in total. The van der Waals surface area contributed by atoms with Crippen LogP contribution >= 0.6 is 0 Å². The maximum Gasteiger partial charge on any atom is 0.272 e. The lowest BCUT2D eigenvalue weighted by Crippen LogP contribution is -2.29. The van der Waals surface area contributed by atoms with E-state index in [0.717, 1.165) is 18.4 Å². The van der Waals surface area contributed by atoms with Gasteiger partial charge in [-0.05, 0) is 37.1 Å². The van der Waals surface area contributed by atoms with E-state index in [1.165, 1.54) is 16.8 Å². The highest BCUT2D eigenvalue weighted by atomic mass is 16.6. The first-order valence-corrected chi connectivity index (χ1v) is 9.35. The molecule has 29 heavy (non-hydrogen) atoms. The van der Waals surface area contributed by atoms with E-state index < -0.39 is 4.92 Å². The van der Waals surface area contributed by atoms with Crippen LogP contribution in [0.2, 0.25) is 0 Å². The molecule has 1 aromatic heterocycles. The van der Waals surface area contributed by atoms with Gasteiger partial charge in [-0.2, -0.15) is 5.10 Å². The van der Waals surface area contributed by atoms with E-state index in [-0.39, 0.29) is 11.6 Å². The zero-order valence-corrected chi connectivity index (χ0v) is 15.9. The highest BCUT2D eigenvalue weighted by Crippen LogP contribution is 2.27. The Kier molecular flexibility index (Phi) is 4.99. The largest absolute Gasteiger partial charge is 0.497 e. The SMILES string of the molecule is COc1cccc(-c2cc(C(=O)N3CCCC3)n(-c3cccc([N+](=O)[O-])c3)n2)c1. The molecule has 148 valence electrons. The third-order valence-corrected chi connectivity index (χ3v) is 4.97. The van der Waals surface area contributed by atoms with E-state index in [4.69, 9.17) is 4.74 Å². The molecule has 0 radical (unpaired) electrons. The average Bonchev–Trinajstić information content (AvgIpc) is 3.44. The summed E-state index contributed by atoms with van der Waals surface area (Å²) in [6.45, 7) is 1.40. The smallest absolute Gasteiger partial charge is 0.272 e. The first-order chi connectivity index (χ1) is 14.1. The molecule has 1 amide bonds. The highest BCUT2D eigenvalue weighted by molar-refractivity contribution is 5.94. The van der Waals surface area contributed by atoms with Gasteiger partial charge >= 0.3 is 0 Å². The third-order valence-electron chi connectivity index (χ3n) is 4.97. The summed E-state index contributed by atoms with van der Waals surface area (Å²) >= 11 is 0. The molecule has 4 rings (SSSR count). The molecule has 3 aromatic rings. The van der Waals surface area contributed by atoms with Crippen molar-refractivity contribution >= 4 is 11.6 Å². The molecule has 8 heteroatoms. The Hall–Kier alpha value is -3.68. The van der Waals surface area contributed by atoms with Gasteiger partial charge in [-0.25, -0.2) is 4.68 Å². The second kappa shape index (κ2) is 7.75. The molecule has 0 atom stereocenters. The molecule has 2 aromatic carbocycles. The van der Waals surface area contributed by atoms with Gasteiger partial charge in [-0.15, -0.1) is 0 Å². The first kappa shape index (κ1) is 18.7. The van der Waals surface area contributed by atoms with Crippen LogP contribution < -0.4 is 4.74 Å². The monoisotopic (exact) mass is 392 g/mol. The van der Waals surface area contributed by atoms with Gasteiger partial charge in [-0.3, -0.25) is 14.9 Å². The predicted octanol–water partition coefficient (Wildman–Crippen LogP) is 3.69. The van der Waals surface area contributed by atoms with Crippen molar-refractivity contribution in [2.75, 3.05) is 20.2 Å². The van der Waals surface area contributed by atoms with Crippen LogP contribution in [0.5, 0.6) is 5.75 Å². The van der Waals surface area contributed by atoms with Gasteiger partial charge in [0.15, 0.2) is 0 Å². The van der Waals surface area contributed by atoms with Gasteiger partial charge in [0.2, 0.25) is 0 Å². The van der Waals surface area contributed by atoms with Crippen LogP contribution in [-0.4, -0.2) is 45.7 Å². The first-order valence-electron chi connectivity index (χ1n) is 9.35. The summed E-state index contributed by atoms with van der Waals surface area (Å²) in [7, 11) is 1.59. The van der Waals surface area contributed by atoms with E-state index in [0.29, 0.717) is 35.9 Å². The lowest BCUT2D eigenvalue weighted by Gasteiger charge is -2.15. The summed E-state index contributed by atoms with van der Waals surface area (Å²) in [5, 5.41) is 15.8. The molecule has 0 unspecified atom stereocenters. The van der Waals surface area contributed by atoms with Crippen molar-refractivity contribution in [1.82, 2.24) is 14.7 Å². The number of nitro groups is 1. The number of nitro benzene ring substituents is 1. The Bertz CT molecular complexity index is 1070. The number of hydrogen-bond acceptors (Lipinski definition) is 5. The highest BCUT2D eigenvalue weighted by Gasteiger charge is 2.25. The van der Waals surface area contributed by atoms with Gasteiger partial charge in [0.1, 0.15) is 11.4 Å². The number of nitrogens with zero attached hydrogens (tertiary/aromatic N) is 4. The van der Waals surface area contributed by atoms with Crippen molar-refractivity contribution < 1.29 is 14.5 Å². The zero-order chi connectivity index (χ0) is 20.4. The van der Waals surface area contributed by atoms with Crippen LogP contribution in [0.4, 0.5) is 5.69 Å². The van der Waals surface area contributed by atoms with Crippen LogP contribution in [0.25, 0.3) is 16.9 Å². The lowest BCUT2D eigenvalue weighted by atomic mass is 10.1. The van der Waals surface area contributed by atoms with Crippen molar-refractivity contribution in [2.45, 2.75) is 12.8 Å². The number of likely N-dealkylation sites (tertiary alicyclic amines) is 1. The lowest BCUT2D eigenvalue weighted by molar-refractivity contribution is -0.384. The Morgan fingerprint density at radius 2 is 1.86 bits per heavy atom. The Morgan fingerprint density at radius 3 is 2.59 bits per heavy atom. The van der Waals surface area contributed by atoms with Crippen molar-refractivity contribution in [3.63, 3.8) is 0 Å². The summed E-state index contributed by atoms with van der Waals surface area (Å²) in [6, 6.07) is 15.3. The standard InChI is InChI=1S/C21H20N4O4/c1-29-18-9-4-6-15(12-18)19-14-20(21(26)23-10-2-3-11-23)24(22-19)16-7-5-8-17(13-16)25(27)28/h4-9,12-14H,2-3,10-11H2,1H3. The summed E-state index contributed by atoms with van der Waals surface area (Å²) in [5.41, 5.74) is 2.18. The van der Waals surface area contributed by atoms with Gasteiger partial charge in [0.25, 0.3) is 11.6 Å². The Balaban J connectivity index is 1.83. The normalized spacial score (nSPS) is 13.5. The molecule has 0 saturated carbocycles.